The predicted octanol–water partition coefficient (Wildman–Crippen LogP) is 0.573. The summed E-state index contributed by atoms with van der Waals surface area (Å²) in [6.07, 6.45) is 1.08. The van der Waals surface area contributed by atoms with E-state index >= 15 is 0 Å². The minimum atomic E-state index is -3.97. The lowest BCUT2D eigenvalue weighted by Gasteiger charge is -2.14. The van der Waals surface area contributed by atoms with Crippen LogP contribution in [0.5, 0.6) is 5.75 Å². The summed E-state index contributed by atoms with van der Waals surface area (Å²) < 4.78 is 27.8. The minimum absolute atomic E-state index is 0.0281. The van der Waals surface area contributed by atoms with E-state index in [9.17, 15) is 18.0 Å². The van der Waals surface area contributed by atoms with Crippen molar-refractivity contribution in [3.05, 3.63) is 23.8 Å². The van der Waals surface area contributed by atoms with E-state index in [-0.39, 0.29) is 22.8 Å². The number of carbonyl (C=O) groups excluding carboxylic acids is 1. The van der Waals surface area contributed by atoms with Crippen molar-refractivity contribution in [3.8, 4) is 5.75 Å². The molecule has 1 atom stereocenters. The molecule has 0 spiro atoms. The Labute approximate surface area is 134 Å². The Morgan fingerprint density at radius 3 is 2.52 bits per heavy atom. The molecule has 9 heteroatoms. The van der Waals surface area contributed by atoms with Crippen LogP contribution in [0.4, 0.5) is 0 Å². The molecule has 0 fully saturated rings. The van der Waals surface area contributed by atoms with Crippen molar-refractivity contribution in [2.75, 3.05) is 13.7 Å². The Morgan fingerprint density at radius 2 is 2.04 bits per heavy atom. The first kappa shape index (κ1) is 18.9. The molecule has 1 unspecified atom stereocenters. The summed E-state index contributed by atoms with van der Waals surface area (Å²) in [7, 11) is -2.63. The molecule has 0 aromatic heterocycles. The van der Waals surface area contributed by atoms with Crippen LogP contribution in [0.2, 0.25) is 0 Å². The monoisotopic (exact) mass is 344 g/mol. The molecular weight excluding hydrogens is 324 g/mol. The van der Waals surface area contributed by atoms with Gasteiger partial charge in [0.05, 0.1) is 23.5 Å². The molecule has 1 amide bonds. The first-order valence-electron chi connectivity index (χ1n) is 6.92. The van der Waals surface area contributed by atoms with Crippen LogP contribution >= 0.6 is 0 Å². The molecule has 23 heavy (non-hydrogen) atoms. The third-order valence-electron chi connectivity index (χ3n) is 3.24. The van der Waals surface area contributed by atoms with Gasteiger partial charge in [0.25, 0.3) is 5.91 Å². The average Bonchev–Trinajstić information content (AvgIpc) is 2.49. The highest BCUT2D eigenvalue weighted by molar-refractivity contribution is 7.89. The number of nitrogens with one attached hydrogen (secondary N) is 1. The quantitative estimate of drug-likeness (QED) is 0.631. The van der Waals surface area contributed by atoms with Gasteiger partial charge in [-0.05, 0) is 24.6 Å². The number of carboxylic acid groups (broad SMARTS) is 1. The fourth-order valence-electron chi connectivity index (χ4n) is 2.01. The lowest BCUT2D eigenvalue weighted by molar-refractivity contribution is -0.141. The molecular formula is C14H20N2O6S. The average molecular weight is 344 g/mol. The van der Waals surface area contributed by atoms with Crippen LogP contribution in [0.25, 0.3) is 0 Å². The van der Waals surface area contributed by atoms with Gasteiger partial charge in [-0.15, -0.1) is 0 Å². The third kappa shape index (κ3) is 5.22. The largest absolute Gasteiger partial charge is 0.496 e. The number of aliphatic carboxylic acids is 1. The smallest absolute Gasteiger partial charge is 0.308 e. The summed E-state index contributed by atoms with van der Waals surface area (Å²) in [6.45, 7) is 1.78. The second kappa shape index (κ2) is 7.93. The van der Waals surface area contributed by atoms with Crippen molar-refractivity contribution >= 4 is 21.9 Å². The van der Waals surface area contributed by atoms with E-state index in [1.54, 1.807) is 0 Å². The number of carboxylic acids is 1. The van der Waals surface area contributed by atoms with Crippen LogP contribution in [0.1, 0.15) is 30.1 Å². The molecule has 4 N–H and O–H groups in total. The highest BCUT2D eigenvalue weighted by atomic mass is 32.2. The molecule has 0 aliphatic carbocycles. The summed E-state index contributed by atoms with van der Waals surface area (Å²) in [5.74, 6) is -2.18. The lowest BCUT2D eigenvalue weighted by atomic mass is 10.0. The van der Waals surface area contributed by atoms with Crippen LogP contribution in [0.3, 0.4) is 0 Å². The van der Waals surface area contributed by atoms with Crippen LogP contribution in [-0.2, 0) is 14.8 Å². The maximum Gasteiger partial charge on any atom is 0.308 e. The summed E-state index contributed by atoms with van der Waals surface area (Å²) in [5.41, 5.74) is -0.0281. The molecule has 1 rings (SSSR count). The number of methoxy groups -OCH3 is 1. The number of benzene rings is 1. The molecule has 0 aliphatic heterocycles. The van der Waals surface area contributed by atoms with Crippen LogP contribution in [-0.4, -0.2) is 39.1 Å². The summed E-state index contributed by atoms with van der Waals surface area (Å²) >= 11 is 0. The molecule has 0 saturated carbocycles. The molecule has 0 radical (unpaired) electrons. The van der Waals surface area contributed by atoms with E-state index in [0.29, 0.717) is 12.8 Å². The number of nitrogens with two attached hydrogens (primary N) is 1. The van der Waals surface area contributed by atoms with E-state index in [2.05, 4.69) is 5.32 Å². The zero-order valence-electron chi connectivity index (χ0n) is 12.9. The van der Waals surface area contributed by atoms with E-state index < -0.39 is 27.8 Å². The molecule has 0 saturated heterocycles. The van der Waals surface area contributed by atoms with Crippen molar-refractivity contribution < 1.29 is 27.9 Å². The van der Waals surface area contributed by atoms with E-state index in [0.717, 1.165) is 6.07 Å². The molecule has 0 aliphatic rings. The Kier molecular flexibility index (Phi) is 6.52. The highest BCUT2D eigenvalue weighted by Gasteiger charge is 2.21. The Bertz CT molecular complexity index is 687. The summed E-state index contributed by atoms with van der Waals surface area (Å²) in [6, 6.07) is 3.64. The summed E-state index contributed by atoms with van der Waals surface area (Å²) in [5, 5.41) is 16.6. The number of hydrogen-bond donors (Lipinski definition) is 3. The fraction of sp³-hybridized carbons (Fsp3) is 0.429. The predicted molar refractivity (Wildman–Crippen MR) is 82.7 cm³/mol. The molecule has 1 aromatic carbocycles. The van der Waals surface area contributed by atoms with Gasteiger partial charge in [-0.2, -0.15) is 0 Å². The minimum Gasteiger partial charge on any atom is -0.496 e. The van der Waals surface area contributed by atoms with Crippen molar-refractivity contribution in [2.45, 2.75) is 24.7 Å². The summed E-state index contributed by atoms with van der Waals surface area (Å²) in [4.78, 5) is 23.1. The van der Waals surface area contributed by atoms with Crippen LogP contribution in [0, 0.1) is 5.92 Å². The number of ether oxygens (including phenoxy) is 1. The maximum atomic E-state index is 12.2. The number of hydrogen-bond acceptors (Lipinski definition) is 5. The normalized spacial score (nSPS) is 12.5. The Balaban J connectivity index is 3.00. The van der Waals surface area contributed by atoms with Crippen molar-refractivity contribution in [1.82, 2.24) is 5.32 Å². The lowest BCUT2D eigenvalue weighted by Crippen LogP contribution is -2.33. The zero-order chi connectivity index (χ0) is 17.6. The fourth-order valence-corrected chi connectivity index (χ4v) is 2.55. The molecule has 1 aromatic rings. The second-order valence-corrected chi connectivity index (χ2v) is 6.50. The molecule has 0 heterocycles. The van der Waals surface area contributed by atoms with Gasteiger partial charge in [0, 0.05) is 6.54 Å². The Morgan fingerprint density at radius 1 is 1.39 bits per heavy atom. The van der Waals surface area contributed by atoms with Gasteiger partial charge >= 0.3 is 5.97 Å². The van der Waals surface area contributed by atoms with Crippen molar-refractivity contribution in [1.29, 1.82) is 0 Å². The number of carbonyl (C=O) groups is 2. The standard InChI is InChI=1S/C14H20N2O6S/c1-3-4-9(14(18)19)8-16-13(17)11-7-10(23(15,20)21)5-6-12(11)22-2/h5-7,9H,3-4,8H2,1-2H3,(H,16,17)(H,18,19)(H2,15,20,21). The van der Waals surface area contributed by atoms with Gasteiger partial charge in [0.2, 0.25) is 10.0 Å². The van der Waals surface area contributed by atoms with Crippen LogP contribution in [0.15, 0.2) is 23.1 Å². The molecule has 128 valence electrons. The number of amides is 1. The van der Waals surface area contributed by atoms with Gasteiger partial charge in [0.15, 0.2) is 0 Å². The van der Waals surface area contributed by atoms with E-state index in [1.807, 2.05) is 6.92 Å². The maximum absolute atomic E-state index is 12.2. The topological polar surface area (TPSA) is 136 Å². The SMILES string of the molecule is CCCC(CNC(=O)c1cc(S(N)(=O)=O)ccc1OC)C(=O)O. The van der Waals surface area contributed by atoms with Gasteiger partial charge in [0.1, 0.15) is 5.75 Å². The van der Waals surface area contributed by atoms with Gasteiger partial charge in [-0.3, -0.25) is 9.59 Å². The first-order valence-corrected chi connectivity index (χ1v) is 8.47. The van der Waals surface area contributed by atoms with Crippen molar-refractivity contribution in [3.63, 3.8) is 0 Å². The van der Waals surface area contributed by atoms with Gasteiger partial charge < -0.3 is 15.2 Å². The van der Waals surface area contributed by atoms with Crippen LogP contribution < -0.4 is 15.2 Å². The second-order valence-electron chi connectivity index (χ2n) is 4.94. The van der Waals surface area contributed by atoms with Gasteiger partial charge in [-0.1, -0.05) is 13.3 Å². The first-order chi connectivity index (χ1) is 10.7. The Hall–Kier alpha value is -2.13. The van der Waals surface area contributed by atoms with E-state index in [1.165, 1.54) is 19.2 Å². The molecule has 0 bridgehead atoms. The number of primary sulfonamides is 1. The third-order valence-corrected chi connectivity index (χ3v) is 4.15. The zero-order valence-corrected chi connectivity index (χ0v) is 13.7. The van der Waals surface area contributed by atoms with Crippen molar-refractivity contribution in [2.24, 2.45) is 11.1 Å². The van der Waals surface area contributed by atoms with E-state index in [4.69, 9.17) is 15.0 Å². The molecule has 8 nitrogen and oxygen atoms in total. The number of sulfonamides is 1. The van der Waals surface area contributed by atoms with Gasteiger partial charge in [-0.25, -0.2) is 13.6 Å². The number of rotatable bonds is 8. The highest BCUT2D eigenvalue weighted by Crippen LogP contribution is 2.22.